The van der Waals surface area contributed by atoms with Crippen LogP contribution in [-0.2, 0) is 6.54 Å². The lowest BCUT2D eigenvalue weighted by Crippen LogP contribution is -2.19. The molecule has 2 rings (SSSR count). The van der Waals surface area contributed by atoms with E-state index < -0.39 is 6.03 Å². The summed E-state index contributed by atoms with van der Waals surface area (Å²) in [5.74, 6) is 0. The molecule has 0 saturated carbocycles. The molecule has 0 aliphatic carbocycles. The van der Waals surface area contributed by atoms with Gasteiger partial charge in [-0.25, -0.2) is 14.8 Å². The zero-order valence-electron chi connectivity index (χ0n) is 9.63. The fourth-order valence-electron chi connectivity index (χ4n) is 1.44. The van der Waals surface area contributed by atoms with Crippen molar-refractivity contribution in [1.82, 2.24) is 9.97 Å². The molecular formula is C12H13N5O. The van der Waals surface area contributed by atoms with E-state index in [0.29, 0.717) is 12.2 Å². The summed E-state index contributed by atoms with van der Waals surface area (Å²) < 4.78 is 0. The SMILES string of the molecule is NC(=O)Nc1ccc(NCc2cncnc2)cc1. The van der Waals surface area contributed by atoms with Crippen LogP contribution in [-0.4, -0.2) is 16.0 Å². The van der Waals surface area contributed by atoms with Crippen molar-refractivity contribution >= 4 is 17.4 Å². The van der Waals surface area contributed by atoms with Crippen LogP contribution in [0, 0.1) is 0 Å². The number of aromatic nitrogens is 2. The van der Waals surface area contributed by atoms with Crippen molar-refractivity contribution in [3.8, 4) is 0 Å². The molecule has 0 bridgehead atoms. The van der Waals surface area contributed by atoms with E-state index in [1.54, 1.807) is 24.5 Å². The lowest BCUT2D eigenvalue weighted by Gasteiger charge is -2.07. The van der Waals surface area contributed by atoms with E-state index in [1.165, 1.54) is 6.33 Å². The van der Waals surface area contributed by atoms with Gasteiger partial charge in [0.2, 0.25) is 0 Å². The molecule has 1 heterocycles. The number of carbonyl (C=O) groups is 1. The number of benzene rings is 1. The molecule has 0 atom stereocenters. The van der Waals surface area contributed by atoms with Gasteiger partial charge >= 0.3 is 6.03 Å². The molecule has 4 N–H and O–H groups in total. The van der Waals surface area contributed by atoms with Crippen LogP contribution in [0.3, 0.4) is 0 Å². The van der Waals surface area contributed by atoms with Crippen LogP contribution in [0.4, 0.5) is 16.2 Å². The zero-order valence-corrected chi connectivity index (χ0v) is 9.63. The maximum Gasteiger partial charge on any atom is 0.316 e. The maximum atomic E-state index is 10.6. The molecule has 0 fully saturated rings. The van der Waals surface area contributed by atoms with E-state index in [0.717, 1.165) is 11.3 Å². The Morgan fingerprint density at radius 1 is 1.11 bits per heavy atom. The molecule has 92 valence electrons. The lowest BCUT2D eigenvalue weighted by atomic mass is 10.2. The molecule has 0 spiro atoms. The average Bonchev–Trinajstić information content (AvgIpc) is 2.38. The van der Waals surface area contributed by atoms with Gasteiger partial charge in [0.1, 0.15) is 6.33 Å². The molecule has 0 radical (unpaired) electrons. The van der Waals surface area contributed by atoms with Gasteiger partial charge in [-0.15, -0.1) is 0 Å². The van der Waals surface area contributed by atoms with Crippen LogP contribution in [0.15, 0.2) is 43.0 Å². The number of urea groups is 1. The first kappa shape index (κ1) is 11.8. The highest BCUT2D eigenvalue weighted by atomic mass is 16.2. The number of nitrogens with zero attached hydrogens (tertiary/aromatic N) is 2. The van der Waals surface area contributed by atoms with Crippen molar-refractivity contribution < 1.29 is 4.79 Å². The second kappa shape index (κ2) is 5.62. The van der Waals surface area contributed by atoms with Crippen LogP contribution in [0.1, 0.15) is 5.56 Å². The molecule has 0 aliphatic heterocycles. The maximum absolute atomic E-state index is 10.6. The minimum absolute atomic E-state index is 0.572. The third kappa shape index (κ3) is 3.44. The van der Waals surface area contributed by atoms with Crippen molar-refractivity contribution in [1.29, 1.82) is 0 Å². The third-order valence-corrected chi connectivity index (χ3v) is 2.26. The summed E-state index contributed by atoms with van der Waals surface area (Å²) in [6.45, 7) is 0.642. The number of primary amides is 1. The summed E-state index contributed by atoms with van der Waals surface area (Å²) in [5, 5.41) is 5.71. The van der Waals surface area contributed by atoms with Gasteiger partial charge in [-0.05, 0) is 24.3 Å². The Morgan fingerprint density at radius 3 is 2.33 bits per heavy atom. The van der Waals surface area contributed by atoms with Crippen LogP contribution < -0.4 is 16.4 Å². The van der Waals surface area contributed by atoms with Crippen molar-refractivity contribution in [2.45, 2.75) is 6.54 Å². The number of nitrogens with two attached hydrogens (primary N) is 1. The highest BCUT2D eigenvalue weighted by Crippen LogP contribution is 2.14. The van der Waals surface area contributed by atoms with E-state index in [2.05, 4.69) is 20.6 Å². The second-order valence-electron chi connectivity index (χ2n) is 3.67. The standard InChI is InChI=1S/C12H13N5O/c13-12(18)17-11-3-1-10(2-4-11)16-7-9-5-14-8-15-6-9/h1-6,8,16H,7H2,(H3,13,17,18). The summed E-state index contributed by atoms with van der Waals surface area (Å²) in [6.07, 6.45) is 5.00. The first-order valence-electron chi connectivity index (χ1n) is 5.38. The molecule has 6 heteroatoms. The lowest BCUT2D eigenvalue weighted by molar-refractivity contribution is 0.259. The van der Waals surface area contributed by atoms with Gasteiger partial charge in [-0.3, -0.25) is 0 Å². The number of nitrogens with one attached hydrogen (secondary N) is 2. The number of hydrogen-bond donors (Lipinski definition) is 3. The van der Waals surface area contributed by atoms with Gasteiger partial charge in [-0.2, -0.15) is 0 Å². The van der Waals surface area contributed by atoms with Gasteiger partial charge in [0, 0.05) is 35.9 Å². The van der Waals surface area contributed by atoms with Gasteiger partial charge < -0.3 is 16.4 Å². The van der Waals surface area contributed by atoms with E-state index in [1.807, 2.05) is 12.1 Å². The van der Waals surface area contributed by atoms with E-state index in [-0.39, 0.29) is 0 Å². The second-order valence-corrected chi connectivity index (χ2v) is 3.67. The molecular weight excluding hydrogens is 230 g/mol. The van der Waals surface area contributed by atoms with Crippen LogP contribution in [0.5, 0.6) is 0 Å². The summed E-state index contributed by atoms with van der Waals surface area (Å²) in [5.41, 5.74) is 7.62. The molecule has 2 amide bonds. The van der Waals surface area contributed by atoms with Gasteiger partial charge in [0.05, 0.1) is 0 Å². The Hall–Kier alpha value is -2.63. The molecule has 1 aromatic carbocycles. The molecule has 0 saturated heterocycles. The number of anilines is 2. The first-order valence-corrected chi connectivity index (χ1v) is 5.38. The molecule has 0 unspecified atom stereocenters. The summed E-state index contributed by atoms with van der Waals surface area (Å²) in [6, 6.07) is 6.69. The number of rotatable bonds is 4. The number of hydrogen-bond acceptors (Lipinski definition) is 4. The predicted octanol–water partition coefficient (Wildman–Crippen LogP) is 1.58. The Kier molecular flexibility index (Phi) is 3.70. The topological polar surface area (TPSA) is 92.9 Å². The van der Waals surface area contributed by atoms with Crippen LogP contribution in [0.2, 0.25) is 0 Å². The van der Waals surface area contributed by atoms with Crippen molar-refractivity contribution in [2.24, 2.45) is 5.73 Å². The van der Waals surface area contributed by atoms with E-state index >= 15 is 0 Å². The first-order chi connectivity index (χ1) is 8.74. The van der Waals surface area contributed by atoms with Crippen molar-refractivity contribution in [2.75, 3.05) is 10.6 Å². The Morgan fingerprint density at radius 2 is 1.72 bits per heavy atom. The molecule has 1 aromatic heterocycles. The Bertz CT molecular complexity index is 512. The summed E-state index contributed by atoms with van der Waals surface area (Å²) in [7, 11) is 0. The fraction of sp³-hybridized carbons (Fsp3) is 0.0833. The van der Waals surface area contributed by atoms with Crippen molar-refractivity contribution in [3.63, 3.8) is 0 Å². The van der Waals surface area contributed by atoms with Gasteiger partial charge in [-0.1, -0.05) is 0 Å². The van der Waals surface area contributed by atoms with Crippen LogP contribution >= 0.6 is 0 Å². The Balaban J connectivity index is 1.92. The Labute approximate surface area is 104 Å². The predicted molar refractivity (Wildman–Crippen MR) is 69.0 cm³/mol. The van der Waals surface area contributed by atoms with Crippen molar-refractivity contribution in [3.05, 3.63) is 48.5 Å². The van der Waals surface area contributed by atoms with Gasteiger partial charge in [0.15, 0.2) is 0 Å². The van der Waals surface area contributed by atoms with E-state index in [9.17, 15) is 4.79 Å². The summed E-state index contributed by atoms with van der Waals surface area (Å²) in [4.78, 5) is 18.5. The number of carbonyl (C=O) groups excluding carboxylic acids is 1. The zero-order chi connectivity index (χ0) is 12.8. The quantitative estimate of drug-likeness (QED) is 0.760. The number of amides is 2. The minimum atomic E-state index is -0.572. The van der Waals surface area contributed by atoms with E-state index in [4.69, 9.17) is 5.73 Å². The average molecular weight is 243 g/mol. The minimum Gasteiger partial charge on any atom is -0.381 e. The highest BCUT2D eigenvalue weighted by molar-refractivity contribution is 5.87. The highest BCUT2D eigenvalue weighted by Gasteiger charge is 1.97. The third-order valence-electron chi connectivity index (χ3n) is 2.26. The normalized spacial score (nSPS) is 9.78. The van der Waals surface area contributed by atoms with Crippen LogP contribution in [0.25, 0.3) is 0 Å². The largest absolute Gasteiger partial charge is 0.381 e. The molecule has 18 heavy (non-hydrogen) atoms. The monoisotopic (exact) mass is 243 g/mol. The molecule has 0 aliphatic rings. The van der Waals surface area contributed by atoms with Gasteiger partial charge in [0.25, 0.3) is 0 Å². The summed E-state index contributed by atoms with van der Waals surface area (Å²) >= 11 is 0. The molecule has 6 nitrogen and oxygen atoms in total. The fourth-order valence-corrected chi connectivity index (χ4v) is 1.44. The smallest absolute Gasteiger partial charge is 0.316 e. The molecule has 2 aromatic rings.